The minimum Gasteiger partial charge on any atom is -0.369 e. The van der Waals surface area contributed by atoms with E-state index in [2.05, 4.69) is 10.2 Å². The molecule has 1 aliphatic heterocycles. The monoisotopic (exact) mass is 245 g/mol. The standard InChI is InChI=1S/C9H15N3O3S/c1-7-5-10-11-9(7)8-6-12(3-4-15-8)16(2,13)14/h5,8H,3-4,6H2,1-2H3,(H,10,11)/t8-/m0/s1. The second-order valence-corrected chi connectivity index (χ2v) is 5.93. The molecule has 6 nitrogen and oxygen atoms in total. The van der Waals surface area contributed by atoms with Crippen molar-refractivity contribution in [2.24, 2.45) is 0 Å². The highest BCUT2D eigenvalue weighted by atomic mass is 32.2. The van der Waals surface area contributed by atoms with Crippen molar-refractivity contribution in [2.75, 3.05) is 26.0 Å². The third kappa shape index (κ3) is 2.26. The number of aromatic amines is 1. The predicted octanol–water partition coefficient (Wildman–Crippen LogP) is 0.0510. The predicted molar refractivity (Wildman–Crippen MR) is 58.4 cm³/mol. The Balaban J connectivity index is 2.17. The summed E-state index contributed by atoms with van der Waals surface area (Å²) in [5.74, 6) is 0. The molecule has 90 valence electrons. The quantitative estimate of drug-likeness (QED) is 0.799. The molecule has 0 saturated carbocycles. The molecule has 16 heavy (non-hydrogen) atoms. The SMILES string of the molecule is Cc1cn[nH]c1[C@@H]1CN(S(C)(=O)=O)CCO1. The van der Waals surface area contributed by atoms with Gasteiger partial charge in [-0.1, -0.05) is 0 Å². The number of rotatable bonds is 2. The molecule has 0 radical (unpaired) electrons. The Hall–Kier alpha value is -0.920. The maximum atomic E-state index is 11.4. The van der Waals surface area contributed by atoms with Gasteiger partial charge in [-0.3, -0.25) is 5.10 Å². The Morgan fingerprint density at radius 1 is 1.62 bits per heavy atom. The van der Waals surface area contributed by atoms with E-state index in [1.807, 2.05) is 6.92 Å². The lowest BCUT2D eigenvalue weighted by Gasteiger charge is -2.30. The van der Waals surface area contributed by atoms with Crippen LogP contribution in [0.5, 0.6) is 0 Å². The van der Waals surface area contributed by atoms with Crippen molar-refractivity contribution in [1.29, 1.82) is 0 Å². The second kappa shape index (κ2) is 4.15. The fraction of sp³-hybridized carbons (Fsp3) is 0.667. The van der Waals surface area contributed by atoms with Crippen LogP contribution in [-0.2, 0) is 14.8 Å². The molecule has 1 saturated heterocycles. The van der Waals surface area contributed by atoms with Crippen molar-refractivity contribution in [2.45, 2.75) is 13.0 Å². The van der Waals surface area contributed by atoms with Crippen LogP contribution in [0.1, 0.15) is 17.4 Å². The van der Waals surface area contributed by atoms with Crippen molar-refractivity contribution in [3.8, 4) is 0 Å². The Kier molecular flexibility index (Phi) is 3.00. The zero-order valence-corrected chi connectivity index (χ0v) is 10.1. The number of ether oxygens (including phenoxy) is 1. The minimum atomic E-state index is -3.14. The van der Waals surface area contributed by atoms with Crippen molar-refractivity contribution in [3.05, 3.63) is 17.5 Å². The molecule has 1 aliphatic rings. The number of morpholine rings is 1. The molecule has 2 heterocycles. The second-order valence-electron chi connectivity index (χ2n) is 3.95. The molecule has 0 spiro atoms. The van der Waals surface area contributed by atoms with Crippen LogP contribution in [-0.4, -0.2) is 48.9 Å². The molecule has 1 aromatic heterocycles. The van der Waals surface area contributed by atoms with E-state index in [4.69, 9.17) is 4.74 Å². The first-order chi connectivity index (χ1) is 7.48. The van der Waals surface area contributed by atoms with Gasteiger partial charge in [-0.2, -0.15) is 9.40 Å². The molecule has 0 aliphatic carbocycles. The molecular formula is C9H15N3O3S. The largest absolute Gasteiger partial charge is 0.369 e. The first-order valence-corrected chi connectivity index (χ1v) is 6.90. The lowest BCUT2D eigenvalue weighted by atomic mass is 10.1. The zero-order valence-electron chi connectivity index (χ0n) is 9.30. The van der Waals surface area contributed by atoms with E-state index in [0.717, 1.165) is 11.3 Å². The van der Waals surface area contributed by atoms with Gasteiger partial charge in [-0.15, -0.1) is 0 Å². The van der Waals surface area contributed by atoms with E-state index in [0.29, 0.717) is 19.7 Å². The fourth-order valence-electron chi connectivity index (χ4n) is 1.78. The molecule has 7 heteroatoms. The zero-order chi connectivity index (χ0) is 11.8. The fourth-order valence-corrected chi connectivity index (χ4v) is 2.60. The summed E-state index contributed by atoms with van der Waals surface area (Å²) in [7, 11) is -3.14. The molecule has 0 bridgehead atoms. The van der Waals surface area contributed by atoms with Gasteiger partial charge < -0.3 is 4.74 Å². The maximum Gasteiger partial charge on any atom is 0.211 e. The summed E-state index contributed by atoms with van der Waals surface area (Å²) < 4.78 is 29.8. The number of aromatic nitrogens is 2. The molecule has 1 N–H and O–H groups in total. The number of hydrogen-bond donors (Lipinski definition) is 1. The smallest absolute Gasteiger partial charge is 0.211 e. The molecule has 2 rings (SSSR count). The number of hydrogen-bond acceptors (Lipinski definition) is 4. The van der Waals surface area contributed by atoms with Crippen LogP contribution in [0.2, 0.25) is 0 Å². The van der Waals surface area contributed by atoms with Gasteiger partial charge in [0.1, 0.15) is 6.10 Å². The van der Waals surface area contributed by atoms with Gasteiger partial charge in [-0.25, -0.2) is 8.42 Å². The number of sulfonamides is 1. The van der Waals surface area contributed by atoms with Crippen LogP contribution in [0.3, 0.4) is 0 Å². The number of H-pyrrole nitrogens is 1. The van der Waals surface area contributed by atoms with Gasteiger partial charge >= 0.3 is 0 Å². The lowest BCUT2D eigenvalue weighted by molar-refractivity contribution is -0.00508. The molecule has 1 aromatic rings. The van der Waals surface area contributed by atoms with Gasteiger partial charge in [0.15, 0.2) is 0 Å². The average molecular weight is 245 g/mol. The van der Waals surface area contributed by atoms with Crippen LogP contribution in [0.25, 0.3) is 0 Å². The first kappa shape index (κ1) is 11.6. The highest BCUT2D eigenvalue weighted by molar-refractivity contribution is 7.88. The molecule has 0 unspecified atom stereocenters. The minimum absolute atomic E-state index is 0.244. The van der Waals surface area contributed by atoms with Crippen molar-refractivity contribution in [1.82, 2.24) is 14.5 Å². The summed E-state index contributed by atoms with van der Waals surface area (Å²) in [5.41, 5.74) is 1.84. The summed E-state index contributed by atoms with van der Waals surface area (Å²) >= 11 is 0. The van der Waals surface area contributed by atoms with Gasteiger partial charge in [0.25, 0.3) is 0 Å². The van der Waals surface area contributed by atoms with Crippen LogP contribution >= 0.6 is 0 Å². The summed E-state index contributed by atoms with van der Waals surface area (Å²) in [6.07, 6.45) is 2.68. The molecular weight excluding hydrogens is 230 g/mol. The van der Waals surface area contributed by atoms with E-state index < -0.39 is 10.0 Å². The number of nitrogens with one attached hydrogen (secondary N) is 1. The third-order valence-electron chi connectivity index (χ3n) is 2.69. The highest BCUT2D eigenvalue weighted by Crippen LogP contribution is 2.23. The van der Waals surface area contributed by atoms with Gasteiger partial charge in [-0.05, 0) is 12.5 Å². The van der Waals surface area contributed by atoms with Crippen LogP contribution in [0.4, 0.5) is 0 Å². The van der Waals surface area contributed by atoms with E-state index >= 15 is 0 Å². The summed E-state index contributed by atoms with van der Waals surface area (Å²) in [6.45, 7) is 3.10. The van der Waals surface area contributed by atoms with Gasteiger partial charge in [0, 0.05) is 13.1 Å². The molecule has 0 aromatic carbocycles. The summed E-state index contributed by atoms with van der Waals surface area (Å²) in [4.78, 5) is 0. The Morgan fingerprint density at radius 3 is 2.94 bits per heavy atom. The van der Waals surface area contributed by atoms with Crippen molar-refractivity contribution in [3.63, 3.8) is 0 Å². The maximum absolute atomic E-state index is 11.4. The number of nitrogens with zero attached hydrogens (tertiary/aromatic N) is 2. The van der Waals surface area contributed by atoms with E-state index in [-0.39, 0.29) is 6.10 Å². The van der Waals surface area contributed by atoms with Crippen LogP contribution in [0, 0.1) is 6.92 Å². The topological polar surface area (TPSA) is 75.3 Å². The molecule has 1 atom stereocenters. The molecule has 0 amide bonds. The first-order valence-electron chi connectivity index (χ1n) is 5.05. The third-order valence-corrected chi connectivity index (χ3v) is 3.96. The van der Waals surface area contributed by atoms with Crippen LogP contribution < -0.4 is 0 Å². The summed E-state index contributed by atoms with van der Waals surface area (Å²) in [6, 6.07) is 0. The van der Waals surface area contributed by atoms with Gasteiger partial charge in [0.2, 0.25) is 10.0 Å². The Labute approximate surface area is 94.6 Å². The Morgan fingerprint density at radius 2 is 2.38 bits per heavy atom. The van der Waals surface area contributed by atoms with Crippen molar-refractivity contribution < 1.29 is 13.2 Å². The summed E-state index contributed by atoms with van der Waals surface area (Å²) in [5, 5.41) is 6.76. The Bertz CT molecular complexity index is 468. The van der Waals surface area contributed by atoms with Crippen molar-refractivity contribution >= 4 is 10.0 Å². The highest BCUT2D eigenvalue weighted by Gasteiger charge is 2.29. The van der Waals surface area contributed by atoms with E-state index in [1.54, 1.807) is 6.20 Å². The van der Waals surface area contributed by atoms with Gasteiger partial charge in [0.05, 0.1) is 24.8 Å². The number of aryl methyl sites for hydroxylation is 1. The lowest BCUT2D eigenvalue weighted by Crippen LogP contribution is -2.41. The average Bonchev–Trinajstić information content (AvgIpc) is 2.63. The van der Waals surface area contributed by atoms with Crippen LogP contribution in [0.15, 0.2) is 6.20 Å². The van der Waals surface area contributed by atoms with E-state index in [1.165, 1.54) is 10.6 Å². The molecule has 1 fully saturated rings. The van der Waals surface area contributed by atoms with E-state index in [9.17, 15) is 8.42 Å². The normalized spacial score (nSPS) is 23.5.